The Morgan fingerprint density at radius 3 is 0.889 bits per heavy atom. The molecule has 0 saturated heterocycles. The van der Waals surface area contributed by atoms with Crippen LogP contribution in [0.1, 0.15) is 32.1 Å². The third kappa shape index (κ3) is 12.1. The largest absolute Gasteiger partial charge is 0.180 e. The van der Waals surface area contributed by atoms with E-state index in [4.69, 9.17) is 34.8 Å². The zero-order valence-electron chi connectivity index (χ0n) is 5.25. The number of halogens is 3. The maximum atomic E-state index is 4.81. The average molecular weight is 190 g/mol. The van der Waals surface area contributed by atoms with Crippen LogP contribution in [0.5, 0.6) is 0 Å². The minimum Gasteiger partial charge on any atom is -0.0874 e. The fraction of sp³-hybridized carbons (Fsp3) is 1.00. The van der Waals surface area contributed by atoms with Crippen LogP contribution in [-0.2, 0) is 0 Å². The number of alkyl halides is 3. The van der Waals surface area contributed by atoms with Crippen molar-refractivity contribution in [2.24, 2.45) is 0 Å². The highest BCUT2D eigenvalue weighted by Gasteiger charge is 1.95. The lowest BCUT2D eigenvalue weighted by molar-refractivity contribution is 0.886. The van der Waals surface area contributed by atoms with Crippen LogP contribution in [0, 0.1) is 0 Å². The average Bonchev–Trinajstić information content (AvgIpc) is 2.11. The van der Waals surface area contributed by atoms with Crippen molar-refractivity contribution in [3.05, 3.63) is 0 Å². The van der Waals surface area contributed by atoms with E-state index in [1.165, 1.54) is 32.1 Å². The van der Waals surface area contributed by atoms with E-state index in [2.05, 4.69) is 0 Å². The van der Waals surface area contributed by atoms with Crippen molar-refractivity contribution in [1.29, 1.82) is 0 Å². The first-order valence-corrected chi connectivity index (χ1v) is 4.46. The molecular formula is C6H11Cl3. The molecule has 1 fully saturated rings. The summed E-state index contributed by atoms with van der Waals surface area (Å²) in [5, 5.41) is 0. The Balaban J connectivity index is 0.000000148. The Hall–Kier alpha value is 0.870. The second kappa shape index (κ2) is 6.98. The lowest BCUT2D eigenvalue weighted by Gasteiger charge is -1.69. The minimum atomic E-state index is -0.750. The summed E-state index contributed by atoms with van der Waals surface area (Å²) in [5.41, 5.74) is 0. The van der Waals surface area contributed by atoms with Gasteiger partial charge in [-0.15, -0.1) is 0 Å². The topological polar surface area (TPSA) is 0 Å². The summed E-state index contributed by atoms with van der Waals surface area (Å²) in [5.74, 6) is 0. The summed E-state index contributed by atoms with van der Waals surface area (Å²) < 4.78 is -0.750. The minimum absolute atomic E-state index is 0.750. The van der Waals surface area contributed by atoms with Crippen LogP contribution in [0.25, 0.3) is 0 Å². The Labute approximate surface area is 71.5 Å². The van der Waals surface area contributed by atoms with E-state index in [0.29, 0.717) is 0 Å². The van der Waals surface area contributed by atoms with Gasteiger partial charge in [0.25, 0.3) is 0 Å². The van der Waals surface area contributed by atoms with Crippen molar-refractivity contribution in [3.8, 4) is 0 Å². The molecule has 0 radical (unpaired) electrons. The van der Waals surface area contributed by atoms with Gasteiger partial charge in [0.2, 0.25) is 0 Å². The molecule has 1 aliphatic rings. The highest BCUT2D eigenvalue weighted by molar-refractivity contribution is 6.63. The van der Waals surface area contributed by atoms with Gasteiger partial charge in [-0.3, -0.25) is 0 Å². The summed E-state index contributed by atoms with van der Waals surface area (Å²) in [6, 6.07) is 0. The molecule has 56 valence electrons. The van der Waals surface area contributed by atoms with Crippen molar-refractivity contribution in [3.63, 3.8) is 0 Å². The van der Waals surface area contributed by atoms with Crippen molar-refractivity contribution < 1.29 is 0 Å². The first-order chi connectivity index (χ1) is 4.23. The SMILES string of the molecule is C1CCCC1.ClC(Cl)Cl. The molecule has 0 N–H and O–H groups in total. The van der Waals surface area contributed by atoms with Crippen molar-refractivity contribution in [2.75, 3.05) is 0 Å². The molecule has 0 aromatic carbocycles. The molecule has 0 aromatic heterocycles. The normalized spacial score (nSPS) is 17.3. The Morgan fingerprint density at radius 1 is 0.667 bits per heavy atom. The number of rotatable bonds is 0. The zero-order valence-corrected chi connectivity index (χ0v) is 7.51. The Morgan fingerprint density at radius 2 is 0.778 bits per heavy atom. The summed E-state index contributed by atoms with van der Waals surface area (Å²) in [7, 11) is 0. The molecule has 0 unspecified atom stereocenters. The van der Waals surface area contributed by atoms with E-state index in [-0.39, 0.29) is 0 Å². The summed E-state index contributed by atoms with van der Waals surface area (Å²) >= 11 is 14.4. The third-order valence-electron chi connectivity index (χ3n) is 1.25. The van der Waals surface area contributed by atoms with Gasteiger partial charge in [0.15, 0.2) is 4.30 Å². The molecule has 0 atom stereocenters. The van der Waals surface area contributed by atoms with Crippen molar-refractivity contribution >= 4 is 34.8 Å². The van der Waals surface area contributed by atoms with Gasteiger partial charge in [0, 0.05) is 0 Å². The molecule has 0 aliphatic heterocycles. The third-order valence-corrected chi connectivity index (χ3v) is 1.25. The second-order valence-electron chi connectivity index (χ2n) is 2.02. The molecule has 0 nitrogen and oxygen atoms in total. The first kappa shape index (κ1) is 9.87. The van der Waals surface area contributed by atoms with Gasteiger partial charge in [-0.2, -0.15) is 0 Å². The monoisotopic (exact) mass is 188 g/mol. The standard InChI is InChI=1S/C5H10.CHCl3/c1-2-4-5-3-1;2-1(3)4/h1-5H2;1H. The zero-order chi connectivity index (χ0) is 7.11. The van der Waals surface area contributed by atoms with Crippen LogP contribution in [0.4, 0.5) is 0 Å². The molecule has 3 heteroatoms. The van der Waals surface area contributed by atoms with Gasteiger partial charge in [-0.05, 0) is 0 Å². The molecule has 0 aromatic rings. The van der Waals surface area contributed by atoms with E-state index in [0.717, 1.165) is 0 Å². The van der Waals surface area contributed by atoms with Crippen LogP contribution in [0.3, 0.4) is 0 Å². The van der Waals surface area contributed by atoms with Crippen molar-refractivity contribution in [2.45, 2.75) is 36.4 Å². The predicted octanol–water partition coefficient (Wildman–Crippen LogP) is 3.94. The fourth-order valence-electron chi connectivity index (χ4n) is 0.884. The molecule has 0 spiro atoms. The summed E-state index contributed by atoms with van der Waals surface area (Å²) in [6.07, 6.45) is 7.50. The van der Waals surface area contributed by atoms with Crippen LogP contribution in [0.15, 0.2) is 0 Å². The molecule has 0 bridgehead atoms. The molecule has 0 amide bonds. The van der Waals surface area contributed by atoms with Gasteiger partial charge in [-0.25, -0.2) is 0 Å². The van der Waals surface area contributed by atoms with Gasteiger partial charge >= 0.3 is 0 Å². The molecule has 1 aliphatic carbocycles. The van der Waals surface area contributed by atoms with Gasteiger partial charge < -0.3 is 0 Å². The van der Waals surface area contributed by atoms with E-state index < -0.39 is 4.30 Å². The number of hydrogen-bond donors (Lipinski definition) is 0. The van der Waals surface area contributed by atoms with Gasteiger partial charge in [0.1, 0.15) is 0 Å². The van der Waals surface area contributed by atoms with Crippen LogP contribution >= 0.6 is 34.8 Å². The molecule has 1 saturated carbocycles. The second-order valence-corrected chi connectivity index (χ2v) is 3.99. The van der Waals surface area contributed by atoms with Crippen LogP contribution in [0.2, 0.25) is 0 Å². The quantitative estimate of drug-likeness (QED) is 0.507. The van der Waals surface area contributed by atoms with E-state index >= 15 is 0 Å². The highest BCUT2D eigenvalue weighted by atomic mass is 35.6. The van der Waals surface area contributed by atoms with Gasteiger partial charge in [-0.1, -0.05) is 66.9 Å². The maximum absolute atomic E-state index is 4.81. The smallest absolute Gasteiger partial charge is 0.0874 e. The Bertz CT molecular complexity index is 39.9. The lowest BCUT2D eigenvalue weighted by Crippen LogP contribution is -1.55. The summed E-state index contributed by atoms with van der Waals surface area (Å²) in [6.45, 7) is 0. The van der Waals surface area contributed by atoms with E-state index in [1.54, 1.807) is 0 Å². The van der Waals surface area contributed by atoms with Crippen LogP contribution < -0.4 is 0 Å². The lowest BCUT2D eigenvalue weighted by atomic mass is 10.4. The molecular weight excluding hydrogens is 178 g/mol. The predicted molar refractivity (Wildman–Crippen MR) is 44.4 cm³/mol. The molecule has 0 heterocycles. The van der Waals surface area contributed by atoms with Crippen molar-refractivity contribution in [1.82, 2.24) is 0 Å². The van der Waals surface area contributed by atoms with Gasteiger partial charge in [0.05, 0.1) is 0 Å². The fourth-order valence-corrected chi connectivity index (χ4v) is 0.884. The Kier molecular flexibility index (Phi) is 7.66. The van der Waals surface area contributed by atoms with Crippen LogP contribution in [-0.4, -0.2) is 4.30 Å². The van der Waals surface area contributed by atoms with E-state index in [1.807, 2.05) is 0 Å². The molecule has 1 rings (SSSR count). The molecule has 9 heavy (non-hydrogen) atoms. The maximum Gasteiger partial charge on any atom is 0.180 e. The number of hydrogen-bond acceptors (Lipinski definition) is 0. The highest BCUT2D eigenvalue weighted by Crippen LogP contribution is 2.15. The summed E-state index contributed by atoms with van der Waals surface area (Å²) in [4.78, 5) is 0. The first-order valence-electron chi connectivity index (χ1n) is 3.15. The van der Waals surface area contributed by atoms with E-state index in [9.17, 15) is 0 Å².